The molecule has 0 heterocycles. The summed E-state index contributed by atoms with van der Waals surface area (Å²) in [5, 5.41) is 2.25. The van der Waals surface area contributed by atoms with Gasteiger partial charge in [0.15, 0.2) is 5.78 Å². The van der Waals surface area contributed by atoms with Crippen molar-refractivity contribution in [3.8, 4) is 0 Å². The maximum Gasteiger partial charge on any atom is 0.255 e. The highest BCUT2D eigenvalue weighted by Gasteiger charge is 2.14. The lowest BCUT2D eigenvalue weighted by atomic mass is 10.2. The van der Waals surface area contributed by atoms with Crippen molar-refractivity contribution in [2.45, 2.75) is 4.90 Å². The molecule has 0 aliphatic rings. The number of hydrogen-bond donors (Lipinski definition) is 1. The van der Waals surface area contributed by atoms with Gasteiger partial charge in [0.05, 0.1) is 5.75 Å². The van der Waals surface area contributed by atoms with E-state index in [1.807, 2.05) is 6.07 Å². The lowest BCUT2D eigenvalue weighted by Crippen LogP contribution is -2.14. The molecule has 0 spiro atoms. The van der Waals surface area contributed by atoms with Crippen LogP contribution in [0.5, 0.6) is 0 Å². The zero-order chi connectivity index (χ0) is 19.2. The van der Waals surface area contributed by atoms with Crippen LogP contribution < -0.4 is 5.32 Å². The van der Waals surface area contributed by atoms with Gasteiger partial charge in [0, 0.05) is 16.0 Å². The maximum absolute atomic E-state index is 13.7. The molecule has 3 nitrogen and oxygen atoms in total. The fourth-order valence-corrected chi connectivity index (χ4v) is 3.24. The van der Waals surface area contributed by atoms with Gasteiger partial charge in [0.25, 0.3) is 5.91 Å². The van der Waals surface area contributed by atoms with E-state index in [2.05, 4.69) is 5.32 Å². The molecule has 6 heteroatoms. The highest BCUT2D eigenvalue weighted by Crippen LogP contribution is 2.23. The summed E-state index contributed by atoms with van der Waals surface area (Å²) in [5.74, 6) is -2.12. The highest BCUT2D eigenvalue weighted by atomic mass is 32.2. The van der Waals surface area contributed by atoms with Crippen LogP contribution in [0.1, 0.15) is 20.7 Å². The molecule has 0 saturated heterocycles. The molecule has 0 saturated carbocycles. The molecule has 0 bridgehead atoms. The second kappa shape index (κ2) is 8.60. The topological polar surface area (TPSA) is 46.2 Å². The van der Waals surface area contributed by atoms with E-state index in [1.54, 1.807) is 42.5 Å². The van der Waals surface area contributed by atoms with Crippen molar-refractivity contribution in [1.82, 2.24) is 0 Å². The van der Waals surface area contributed by atoms with Crippen LogP contribution in [0.2, 0.25) is 0 Å². The number of ketones is 1. The molecule has 0 aliphatic heterocycles. The largest absolute Gasteiger partial charge is 0.317 e. The van der Waals surface area contributed by atoms with Gasteiger partial charge in [-0.3, -0.25) is 9.59 Å². The van der Waals surface area contributed by atoms with Gasteiger partial charge in [0.1, 0.15) is 17.3 Å². The Hall–Kier alpha value is -2.99. The first-order valence-corrected chi connectivity index (χ1v) is 9.09. The summed E-state index contributed by atoms with van der Waals surface area (Å²) in [6.45, 7) is 0. The summed E-state index contributed by atoms with van der Waals surface area (Å²) < 4.78 is 27.4. The molecule has 3 rings (SSSR count). The van der Waals surface area contributed by atoms with E-state index >= 15 is 0 Å². The van der Waals surface area contributed by atoms with Crippen molar-refractivity contribution < 1.29 is 18.4 Å². The summed E-state index contributed by atoms with van der Waals surface area (Å²) in [4.78, 5) is 25.2. The van der Waals surface area contributed by atoms with E-state index in [-0.39, 0.29) is 17.1 Å². The Morgan fingerprint density at radius 2 is 1.44 bits per heavy atom. The number of thioether (sulfide) groups is 1. The molecule has 0 aromatic heterocycles. The summed E-state index contributed by atoms with van der Waals surface area (Å²) in [6.07, 6.45) is 0. The minimum Gasteiger partial charge on any atom is -0.317 e. The average molecular weight is 383 g/mol. The quantitative estimate of drug-likeness (QED) is 0.471. The molecule has 0 radical (unpaired) electrons. The third-order valence-corrected chi connectivity index (χ3v) is 4.76. The van der Waals surface area contributed by atoms with E-state index < -0.39 is 23.2 Å². The smallest absolute Gasteiger partial charge is 0.255 e. The number of Topliss-reactive ketones (excluding diaryl/α,β-unsaturated/α-hetero) is 1. The molecule has 3 aromatic rings. The summed E-state index contributed by atoms with van der Waals surface area (Å²) in [6, 6.07) is 18.8. The Balaban J connectivity index is 1.68. The number of rotatable bonds is 6. The predicted molar refractivity (Wildman–Crippen MR) is 102 cm³/mol. The Labute approximate surface area is 159 Å². The third kappa shape index (κ3) is 4.80. The lowest BCUT2D eigenvalue weighted by Gasteiger charge is -2.08. The summed E-state index contributed by atoms with van der Waals surface area (Å²) in [5.41, 5.74) is 0.378. The number of carbonyl (C=O) groups is 2. The first kappa shape index (κ1) is 18.8. The van der Waals surface area contributed by atoms with E-state index in [9.17, 15) is 18.4 Å². The van der Waals surface area contributed by atoms with Gasteiger partial charge >= 0.3 is 0 Å². The van der Waals surface area contributed by atoms with Crippen LogP contribution in [-0.4, -0.2) is 17.4 Å². The number of halogens is 2. The Morgan fingerprint density at radius 1 is 0.815 bits per heavy atom. The molecule has 136 valence electrons. The zero-order valence-corrected chi connectivity index (χ0v) is 14.9. The number of benzene rings is 3. The third-order valence-electron chi connectivity index (χ3n) is 3.76. The standard InChI is InChI=1S/C21H15F2NO2S/c22-17-10-5-11-18(23)20(17)24-21(26)15-8-4-9-16(12-15)27-13-19(25)14-6-2-1-3-7-14/h1-12H,13H2,(H,24,26). The van der Waals surface area contributed by atoms with Gasteiger partial charge in [-0.05, 0) is 30.3 Å². The van der Waals surface area contributed by atoms with Crippen molar-refractivity contribution in [3.05, 3.63) is 95.6 Å². The van der Waals surface area contributed by atoms with Crippen LogP contribution in [0.25, 0.3) is 0 Å². The van der Waals surface area contributed by atoms with Crippen LogP contribution in [0.4, 0.5) is 14.5 Å². The second-order valence-electron chi connectivity index (χ2n) is 5.66. The first-order valence-electron chi connectivity index (χ1n) is 8.11. The molecule has 1 N–H and O–H groups in total. The Kier molecular flexibility index (Phi) is 5.98. The SMILES string of the molecule is O=C(CSc1cccc(C(=O)Nc2c(F)cccc2F)c1)c1ccccc1. The van der Waals surface area contributed by atoms with E-state index in [4.69, 9.17) is 0 Å². The van der Waals surface area contributed by atoms with Crippen LogP contribution in [0.3, 0.4) is 0 Å². The van der Waals surface area contributed by atoms with Crippen LogP contribution in [0, 0.1) is 11.6 Å². The maximum atomic E-state index is 13.7. The summed E-state index contributed by atoms with van der Waals surface area (Å²) in [7, 11) is 0. The molecule has 0 unspecified atom stereocenters. The van der Waals surface area contributed by atoms with Crippen molar-refractivity contribution in [3.63, 3.8) is 0 Å². The first-order chi connectivity index (χ1) is 13.0. The normalized spacial score (nSPS) is 10.4. The lowest BCUT2D eigenvalue weighted by molar-refractivity contribution is 0.101. The van der Waals surface area contributed by atoms with Gasteiger partial charge in [-0.2, -0.15) is 0 Å². The monoisotopic (exact) mass is 383 g/mol. The number of hydrogen-bond acceptors (Lipinski definition) is 3. The number of carbonyl (C=O) groups excluding carboxylic acids is 2. The Morgan fingerprint density at radius 3 is 2.15 bits per heavy atom. The number of amides is 1. The summed E-state index contributed by atoms with van der Waals surface area (Å²) >= 11 is 1.29. The van der Waals surface area contributed by atoms with Crippen LogP contribution in [-0.2, 0) is 0 Å². The fourth-order valence-electron chi connectivity index (χ4n) is 2.39. The van der Waals surface area contributed by atoms with Crippen LogP contribution in [0.15, 0.2) is 77.7 Å². The molecule has 0 atom stereocenters. The van der Waals surface area contributed by atoms with Gasteiger partial charge in [0.2, 0.25) is 0 Å². The van der Waals surface area contributed by atoms with Crippen molar-refractivity contribution >= 4 is 29.1 Å². The van der Waals surface area contributed by atoms with Gasteiger partial charge < -0.3 is 5.32 Å². The van der Waals surface area contributed by atoms with Gasteiger partial charge in [-0.15, -0.1) is 11.8 Å². The van der Waals surface area contributed by atoms with E-state index in [1.165, 1.54) is 23.9 Å². The van der Waals surface area contributed by atoms with Crippen molar-refractivity contribution in [2.24, 2.45) is 0 Å². The van der Waals surface area contributed by atoms with E-state index in [0.717, 1.165) is 12.1 Å². The molecule has 0 aliphatic carbocycles. The van der Waals surface area contributed by atoms with Gasteiger partial charge in [-0.1, -0.05) is 42.5 Å². The van der Waals surface area contributed by atoms with Crippen LogP contribution >= 0.6 is 11.8 Å². The number of anilines is 1. The average Bonchev–Trinajstić information content (AvgIpc) is 2.70. The second-order valence-corrected chi connectivity index (χ2v) is 6.71. The minimum absolute atomic E-state index is 0.0242. The van der Waals surface area contributed by atoms with Gasteiger partial charge in [-0.25, -0.2) is 8.78 Å². The minimum atomic E-state index is -0.845. The highest BCUT2D eigenvalue weighted by molar-refractivity contribution is 8.00. The predicted octanol–water partition coefficient (Wildman–Crippen LogP) is 5.19. The Bertz CT molecular complexity index is 957. The molecule has 0 fully saturated rings. The van der Waals surface area contributed by atoms with Crippen molar-refractivity contribution in [2.75, 3.05) is 11.1 Å². The molecular weight excluding hydrogens is 368 g/mol. The van der Waals surface area contributed by atoms with E-state index in [0.29, 0.717) is 10.5 Å². The number of para-hydroxylation sites is 1. The molecule has 27 heavy (non-hydrogen) atoms. The molecule has 3 aromatic carbocycles. The molecule has 1 amide bonds. The fraction of sp³-hybridized carbons (Fsp3) is 0.0476. The zero-order valence-electron chi connectivity index (χ0n) is 14.1. The van der Waals surface area contributed by atoms with Crippen molar-refractivity contribution in [1.29, 1.82) is 0 Å². The molecular formula is C21H15F2NO2S. The number of nitrogens with one attached hydrogen (secondary N) is 1.